The molecular formula is C9H16F2N2O. The summed E-state index contributed by atoms with van der Waals surface area (Å²) in [6.07, 6.45) is -0.118. The van der Waals surface area contributed by atoms with Crippen LogP contribution in [0.4, 0.5) is 8.78 Å². The molecule has 1 rings (SSSR count). The van der Waals surface area contributed by atoms with E-state index < -0.39 is 18.0 Å². The number of carbonyl (C=O) groups is 1. The number of rotatable bonds is 2. The third kappa shape index (κ3) is 3.21. The van der Waals surface area contributed by atoms with E-state index >= 15 is 0 Å². The van der Waals surface area contributed by atoms with Gasteiger partial charge in [-0.15, -0.1) is 0 Å². The van der Waals surface area contributed by atoms with Crippen LogP contribution in [0.5, 0.6) is 0 Å². The lowest BCUT2D eigenvalue weighted by atomic mass is 10.0. The van der Waals surface area contributed by atoms with E-state index in [9.17, 15) is 13.6 Å². The van der Waals surface area contributed by atoms with Crippen molar-refractivity contribution in [3.8, 4) is 0 Å². The van der Waals surface area contributed by atoms with E-state index in [0.717, 1.165) is 0 Å². The monoisotopic (exact) mass is 206 g/mol. The van der Waals surface area contributed by atoms with Gasteiger partial charge in [0.1, 0.15) is 0 Å². The average Bonchev–Trinajstić information content (AvgIpc) is 2.26. The van der Waals surface area contributed by atoms with Gasteiger partial charge in [-0.2, -0.15) is 0 Å². The molecule has 1 amide bonds. The van der Waals surface area contributed by atoms with Crippen molar-refractivity contribution in [3.05, 3.63) is 0 Å². The van der Waals surface area contributed by atoms with Crippen LogP contribution in [0, 0.1) is 0 Å². The number of hydrogen-bond acceptors (Lipinski definition) is 2. The highest BCUT2D eigenvalue weighted by Gasteiger charge is 2.40. The van der Waals surface area contributed by atoms with Crippen molar-refractivity contribution >= 4 is 5.91 Å². The van der Waals surface area contributed by atoms with Crippen molar-refractivity contribution in [2.75, 3.05) is 13.1 Å². The maximum atomic E-state index is 12.8. The highest BCUT2D eigenvalue weighted by molar-refractivity contribution is 5.77. The molecule has 14 heavy (non-hydrogen) atoms. The zero-order valence-electron chi connectivity index (χ0n) is 8.52. The van der Waals surface area contributed by atoms with Crippen molar-refractivity contribution in [1.29, 1.82) is 0 Å². The molecule has 1 heterocycles. The fourth-order valence-electron chi connectivity index (χ4n) is 1.45. The summed E-state index contributed by atoms with van der Waals surface area (Å²) in [6.45, 7) is 3.10. The van der Waals surface area contributed by atoms with E-state index in [1.54, 1.807) is 13.8 Å². The van der Waals surface area contributed by atoms with Crippen LogP contribution in [-0.2, 0) is 4.79 Å². The van der Waals surface area contributed by atoms with Gasteiger partial charge in [-0.3, -0.25) is 4.79 Å². The largest absolute Gasteiger partial charge is 0.336 e. The Bertz CT molecular complexity index is 235. The Kier molecular flexibility index (Phi) is 2.81. The van der Waals surface area contributed by atoms with Gasteiger partial charge in [0.25, 0.3) is 5.92 Å². The van der Waals surface area contributed by atoms with E-state index in [1.165, 1.54) is 4.90 Å². The summed E-state index contributed by atoms with van der Waals surface area (Å²) >= 11 is 0. The molecule has 5 heteroatoms. The first-order valence-corrected chi connectivity index (χ1v) is 4.64. The van der Waals surface area contributed by atoms with Crippen molar-refractivity contribution in [3.63, 3.8) is 0 Å². The van der Waals surface area contributed by atoms with Crippen molar-refractivity contribution < 1.29 is 13.6 Å². The van der Waals surface area contributed by atoms with Crippen LogP contribution in [0.15, 0.2) is 0 Å². The van der Waals surface area contributed by atoms with Gasteiger partial charge < -0.3 is 10.6 Å². The molecule has 0 aromatic carbocycles. The number of hydrogen-bond donors (Lipinski definition) is 1. The summed E-state index contributed by atoms with van der Waals surface area (Å²) in [5.41, 5.74) is 5.01. The normalized spacial score (nSPS) is 21.4. The molecular weight excluding hydrogens is 190 g/mol. The molecule has 0 bridgehead atoms. The van der Waals surface area contributed by atoms with Crippen molar-refractivity contribution in [1.82, 2.24) is 4.90 Å². The van der Waals surface area contributed by atoms with E-state index in [2.05, 4.69) is 0 Å². The summed E-state index contributed by atoms with van der Waals surface area (Å²) in [6, 6.07) is 0. The molecule has 1 aliphatic rings. The molecule has 1 aliphatic heterocycles. The molecule has 1 saturated heterocycles. The topological polar surface area (TPSA) is 46.3 Å². The van der Waals surface area contributed by atoms with Crippen LogP contribution in [0.1, 0.15) is 26.7 Å². The quantitative estimate of drug-likeness (QED) is 0.732. The van der Waals surface area contributed by atoms with Crippen LogP contribution in [0.2, 0.25) is 0 Å². The van der Waals surface area contributed by atoms with E-state index in [4.69, 9.17) is 5.73 Å². The Labute approximate surface area is 82.2 Å². The highest BCUT2D eigenvalue weighted by atomic mass is 19.3. The second-order valence-corrected chi connectivity index (χ2v) is 4.59. The van der Waals surface area contributed by atoms with Crippen molar-refractivity contribution in [2.24, 2.45) is 5.73 Å². The van der Waals surface area contributed by atoms with Gasteiger partial charge in [0.05, 0.1) is 6.54 Å². The van der Waals surface area contributed by atoms with Crippen LogP contribution in [-0.4, -0.2) is 35.4 Å². The second kappa shape index (κ2) is 3.46. The van der Waals surface area contributed by atoms with Gasteiger partial charge in [-0.1, -0.05) is 0 Å². The summed E-state index contributed by atoms with van der Waals surface area (Å²) in [4.78, 5) is 12.7. The second-order valence-electron chi connectivity index (χ2n) is 4.59. The Morgan fingerprint density at radius 1 is 1.57 bits per heavy atom. The highest BCUT2D eigenvalue weighted by Crippen LogP contribution is 2.27. The minimum absolute atomic E-state index is 0.114. The fourth-order valence-corrected chi connectivity index (χ4v) is 1.45. The predicted octanol–water partition coefficient (Wildman–Crippen LogP) is 0.981. The maximum Gasteiger partial charge on any atom is 0.267 e. The molecule has 0 saturated carbocycles. The zero-order valence-corrected chi connectivity index (χ0v) is 8.52. The Hall–Kier alpha value is -0.710. The summed E-state index contributed by atoms with van der Waals surface area (Å²) in [5.74, 6) is -3.00. The Morgan fingerprint density at radius 3 is 2.50 bits per heavy atom. The molecule has 0 aromatic heterocycles. The van der Waals surface area contributed by atoms with Gasteiger partial charge in [0, 0.05) is 24.9 Å². The Balaban J connectivity index is 2.48. The van der Waals surface area contributed by atoms with Crippen LogP contribution < -0.4 is 5.73 Å². The van der Waals surface area contributed by atoms with E-state index in [0.29, 0.717) is 0 Å². The standard InChI is InChI=1S/C9H16F2N2O/c1-8(2,12)5-7(14)13-4-3-9(10,11)6-13/h3-6,12H2,1-2H3. The minimum atomic E-state index is -2.71. The molecule has 0 aromatic rings. The lowest BCUT2D eigenvalue weighted by molar-refractivity contribution is -0.132. The first-order chi connectivity index (χ1) is 6.20. The third-order valence-corrected chi connectivity index (χ3v) is 2.13. The van der Waals surface area contributed by atoms with Crippen LogP contribution in [0.25, 0.3) is 0 Å². The van der Waals surface area contributed by atoms with Gasteiger partial charge in [-0.05, 0) is 13.8 Å². The van der Waals surface area contributed by atoms with Gasteiger partial charge in [0.2, 0.25) is 5.91 Å². The molecule has 1 fully saturated rings. The number of nitrogens with zero attached hydrogens (tertiary/aromatic N) is 1. The van der Waals surface area contributed by atoms with Gasteiger partial charge in [-0.25, -0.2) is 8.78 Å². The summed E-state index contributed by atoms with van der Waals surface area (Å²) in [7, 11) is 0. The van der Waals surface area contributed by atoms with Crippen LogP contribution >= 0.6 is 0 Å². The van der Waals surface area contributed by atoms with Gasteiger partial charge >= 0.3 is 0 Å². The smallest absolute Gasteiger partial charge is 0.267 e. The lowest BCUT2D eigenvalue weighted by Gasteiger charge is -2.22. The van der Waals surface area contributed by atoms with Crippen LogP contribution in [0.3, 0.4) is 0 Å². The molecule has 0 spiro atoms. The molecule has 0 atom stereocenters. The molecule has 0 unspecified atom stereocenters. The molecule has 0 radical (unpaired) electrons. The average molecular weight is 206 g/mol. The summed E-state index contributed by atoms with van der Waals surface area (Å²) < 4.78 is 25.5. The van der Waals surface area contributed by atoms with Crippen molar-refractivity contribution in [2.45, 2.75) is 38.2 Å². The van der Waals surface area contributed by atoms with E-state index in [1.807, 2.05) is 0 Å². The fraction of sp³-hybridized carbons (Fsp3) is 0.889. The number of likely N-dealkylation sites (tertiary alicyclic amines) is 1. The maximum absolute atomic E-state index is 12.8. The first-order valence-electron chi connectivity index (χ1n) is 4.64. The zero-order chi connectivity index (χ0) is 11.0. The lowest BCUT2D eigenvalue weighted by Crippen LogP contribution is -2.41. The molecule has 2 N–H and O–H groups in total. The number of alkyl halides is 2. The van der Waals surface area contributed by atoms with Gasteiger partial charge in [0.15, 0.2) is 0 Å². The number of nitrogens with two attached hydrogens (primary N) is 1. The minimum Gasteiger partial charge on any atom is -0.336 e. The number of carbonyl (C=O) groups excluding carboxylic acids is 1. The number of amides is 1. The third-order valence-electron chi connectivity index (χ3n) is 2.13. The molecule has 3 nitrogen and oxygen atoms in total. The summed E-state index contributed by atoms with van der Waals surface area (Å²) in [5, 5.41) is 0. The first kappa shape index (κ1) is 11.4. The molecule has 82 valence electrons. The predicted molar refractivity (Wildman–Crippen MR) is 49.0 cm³/mol. The Morgan fingerprint density at radius 2 is 2.14 bits per heavy atom. The molecule has 0 aliphatic carbocycles. The van der Waals surface area contributed by atoms with E-state index in [-0.39, 0.29) is 25.3 Å². The SMILES string of the molecule is CC(C)(N)CC(=O)N1CCC(F)(F)C1. The number of halogens is 2.